The summed E-state index contributed by atoms with van der Waals surface area (Å²) in [5.41, 5.74) is 2.31. The molecule has 1 aliphatic heterocycles. The monoisotopic (exact) mass is 308 g/mol. The Bertz CT molecular complexity index is 727. The maximum absolute atomic E-state index is 5.14. The van der Waals surface area contributed by atoms with E-state index in [4.69, 9.17) is 9.40 Å². The Morgan fingerprint density at radius 3 is 2.70 bits per heavy atom. The highest BCUT2D eigenvalue weighted by molar-refractivity contribution is 5.53. The van der Waals surface area contributed by atoms with E-state index in [2.05, 4.69) is 15.1 Å². The van der Waals surface area contributed by atoms with E-state index in [0.29, 0.717) is 5.92 Å². The zero-order valence-electron chi connectivity index (χ0n) is 13.0. The summed E-state index contributed by atoms with van der Waals surface area (Å²) >= 11 is 0. The van der Waals surface area contributed by atoms with Crippen molar-refractivity contribution in [2.45, 2.75) is 25.3 Å². The van der Waals surface area contributed by atoms with Gasteiger partial charge in [0.05, 0.1) is 12.5 Å². The first-order valence-corrected chi connectivity index (χ1v) is 8.09. The molecule has 1 fully saturated rings. The standard InChI is InChI=1S/C18H20N4O/c1-2-4-15(5-3-1)17-19-18(21-20-17)16-6-9-22(10-7-16)12-14-8-11-23-13-14/h1-5,8,11,13,16H,6-7,9-10,12H2,(H,19,20,21). The second-order valence-corrected chi connectivity index (χ2v) is 6.09. The van der Waals surface area contributed by atoms with Crippen LogP contribution in [0, 0.1) is 0 Å². The van der Waals surface area contributed by atoms with Gasteiger partial charge in [0.2, 0.25) is 0 Å². The molecule has 5 nitrogen and oxygen atoms in total. The molecule has 0 aliphatic carbocycles. The van der Waals surface area contributed by atoms with Crippen LogP contribution in [0.3, 0.4) is 0 Å². The van der Waals surface area contributed by atoms with Gasteiger partial charge in [-0.3, -0.25) is 10.00 Å². The van der Waals surface area contributed by atoms with Crippen LogP contribution in [0.1, 0.15) is 30.1 Å². The molecule has 4 rings (SSSR count). The number of hydrogen-bond acceptors (Lipinski definition) is 4. The van der Waals surface area contributed by atoms with Gasteiger partial charge in [0.25, 0.3) is 0 Å². The Kier molecular flexibility index (Phi) is 3.94. The lowest BCUT2D eigenvalue weighted by Gasteiger charge is -2.30. The minimum absolute atomic E-state index is 0.473. The molecule has 1 aliphatic rings. The topological polar surface area (TPSA) is 58.0 Å². The maximum Gasteiger partial charge on any atom is 0.181 e. The third-order valence-corrected chi connectivity index (χ3v) is 4.50. The van der Waals surface area contributed by atoms with Crippen LogP contribution in [0.15, 0.2) is 53.3 Å². The van der Waals surface area contributed by atoms with E-state index in [0.717, 1.165) is 49.7 Å². The number of nitrogens with zero attached hydrogens (tertiary/aromatic N) is 3. The van der Waals surface area contributed by atoms with Gasteiger partial charge < -0.3 is 4.42 Å². The van der Waals surface area contributed by atoms with Crippen molar-refractivity contribution in [1.82, 2.24) is 20.1 Å². The fourth-order valence-corrected chi connectivity index (χ4v) is 3.18. The Morgan fingerprint density at radius 1 is 1.13 bits per heavy atom. The average Bonchev–Trinajstić information content (AvgIpc) is 3.28. The van der Waals surface area contributed by atoms with Crippen molar-refractivity contribution < 1.29 is 4.42 Å². The van der Waals surface area contributed by atoms with Crippen molar-refractivity contribution in [2.75, 3.05) is 13.1 Å². The molecule has 5 heteroatoms. The Hall–Kier alpha value is -2.40. The molecule has 118 valence electrons. The molecule has 23 heavy (non-hydrogen) atoms. The molecule has 0 saturated carbocycles. The minimum atomic E-state index is 0.473. The number of aromatic nitrogens is 3. The van der Waals surface area contributed by atoms with E-state index in [1.165, 1.54) is 5.56 Å². The largest absolute Gasteiger partial charge is 0.472 e. The smallest absolute Gasteiger partial charge is 0.181 e. The summed E-state index contributed by atoms with van der Waals surface area (Å²) in [4.78, 5) is 7.17. The first-order valence-electron chi connectivity index (χ1n) is 8.09. The van der Waals surface area contributed by atoms with Crippen molar-refractivity contribution in [1.29, 1.82) is 0 Å². The number of rotatable bonds is 4. The van der Waals surface area contributed by atoms with Crippen LogP contribution in [0.25, 0.3) is 11.4 Å². The predicted molar refractivity (Wildman–Crippen MR) is 87.8 cm³/mol. The number of likely N-dealkylation sites (tertiary alicyclic amines) is 1. The van der Waals surface area contributed by atoms with E-state index in [1.807, 2.05) is 42.7 Å². The van der Waals surface area contributed by atoms with Crippen LogP contribution in [-0.2, 0) is 6.54 Å². The number of H-pyrrole nitrogens is 1. The summed E-state index contributed by atoms with van der Waals surface area (Å²) in [7, 11) is 0. The molecule has 0 bridgehead atoms. The summed E-state index contributed by atoms with van der Waals surface area (Å²) in [5, 5.41) is 7.52. The van der Waals surface area contributed by atoms with Crippen LogP contribution >= 0.6 is 0 Å². The zero-order chi connectivity index (χ0) is 15.5. The van der Waals surface area contributed by atoms with E-state index in [1.54, 1.807) is 6.26 Å². The maximum atomic E-state index is 5.14. The SMILES string of the molecule is c1ccc(-c2n[nH]c(C3CCN(Cc4ccoc4)CC3)n2)cc1. The molecular weight excluding hydrogens is 288 g/mol. The lowest BCUT2D eigenvalue weighted by molar-refractivity contribution is 0.201. The van der Waals surface area contributed by atoms with Crippen molar-refractivity contribution >= 4 is 0 Å². The van der Waals surface area contributed by atoms with Gasteiger partial charge in [-0.15, -0.1) is 0 Å². The highest BCUT2D eigenvalue weighted by Gasteiger charge is 2.23. The molecule has 0 unspecified atom stereocenters. The molecule has 3 aromatic rings. The number of hydrogen-bond donors (Lipinski definition) is 1. The van der Waals surface area contributed by atoms with E-state index in [-0.39, 0.29) is 0 Å². The van der Waals surface area contributed by atoms with Crippen LogP contribution in [0.4, 0.5) is 0 Å². The van der Waals surface area contributed by atoms with Crippen molar-refractivity contribution in [3.63, 3.8) is 0 Å². The number of benzene rings is 1. The third-order valence-electron chi connectivity index (χ3n) is 4.50. The van der Waals surface area contributed by atoms with Crippen molar-refractivity contribution in [3.05, 3.63) is 60.3 Å². The van der Waals surface area contributed by atoms with Gasteiger partial charge in [-0.25, -0.2) is 4.98 Å². The molecular formula is C18H20N4O. The summed E-state index contributed by atoms with van der Waals surface area (Å²) in [6.45, 7) is 3.13. The van der Waals surface area contributed by atoms with Crippen molar-refractivity contribution in [3.8, 4) is 11.4 Å². The molecule has 0 atom stereocenters. The summed E-state index contributed by atoms with van der Waals surface area (Å²) < 4.78 is 5.14. The van der Waals surface area contributed by atoms with Crippen LogP contribution in [-0.4, -0.2) is 33.2 Å². The molecule has 0 amide bonds. The normalized spacial score (nSPS) is 16.7. The summed E-state index contributed by atoms with van der Waals surface area (Å²) in [5.74, 6) is 2.29. The second-order valence-electron chi connectivity index (χ2n) is 6.09. The quantitative estimate of drug-likeness (QED) is 0.802. The van der Waals surface area contributed by atoms with Crippen LogP contribution in [0.2, 0.25) is 0 Å². The third kappa shape index (κ3) is 3.19. The molecule has 2 aromatic heterocycles. The van der Waals surface area contributed by atoms with Gasteiger partial charge in [-0.2, -0.15) is 5.10 Å². The van der Waals surface area contributed by atoms with Gasteiger partial charge in [0.1, 0.15) is 5.82 Å². The van der Waals surface area contributed by atoms with Crippen LogP contribution in [0.5, 0.6) is 0 Å². The Balaban J connectivity index is 1.38. The average molecular weight is 308 g/mol. The lowest BCUT2D eigenvalue weighted by Crippen LogP contribution is -2.32. The van der Waals surface area contributed by atoms with E-state index in [9.17, 15) is 0 Å². The molecule has 3 heterocycles. The highest BCUT2D eigenvalue weighted by atomic mass is 16.3. The second kappa shape index (κ2) is 6.38. The highest BCUT2D eigenvalue weighted by Crippen LogP contribution is 2.27. The molecule has 0 radical (unpaired) electrons. The fourth-order valence-electron chi connectivity index (χ4n) is 3.18. The summed E-state index contributed by atoms with van der Waals surface area (Å²) in [6.07, 6.45) is 5.79. The summed E-state index contributed by atoms with van der Waals surface area (Å²) in [6, 6.07) is 12.2. The molecule has 1 aromatic carbocycles. The Morgan fingerprint density at radius 2 is 1.96 bits per heavy atom. The van der Waals surface area contributed by atoms with Gasteiger partial charge in [0.15, 0.2) is 5.82 Å². The van der Waals surface area contributed by atoms with E-state index < -0.39 is 0 Å². The first kappa shape index (κ1) is 14.2. The molecule has 1 saturated heterocycles. The van der Waals surface area contributed by atoms with Gasteiger partial charge in [-0.1, -0.05) is 30.3 Å². The zero-order valence-corrected chi connectivity index (χ0v) is 13.0. The first-order chi connectivity index (χ1) is 11.4. The molecule has 1 N–H and O–H groups in total. The number of furan rings is 1. The number of nitrogens with one attached hydrogen (secondary N) is 1. The van der Waals surface area contributed by atoms with Gasteiger partial charge in [-0.05, 0) is 32.0 Å². The minimum Gasteiger partial charge on any atom is -0.472 e. The van der Waals surface area contributed by atoms with E-state index >= 15 is 0 Å². The van der Waals surface area contributed by atoms with Crippen molar-refractivity contribution in [2.24, 2.45) is 0 Å². The number of piperidine rings is 1. The van der Waals surface area contributed by atoms with Gasteiger partial charge >= 0.3 is 0 Å². The fraction of sp³-hybridized carbons (Fsp3) is 0.333. The Labute approximate surface area is 135 Å². The van der Waals surface area contributed by atoms with Gasteiger partial charge in [0, 0.05) is 23.6 Å². The predicted octanol–water partition coefficient (Wildman–Crippen LogP) is 3.44. The number of aromatic amines is 1. The van der Waals surface area contributed by atoms with Crippen LogP contribution < -0.4 is 0 Å². The molecule has 0 spiro atoms. The lowest BCUT2D eigenvalue weighted by atomic mass is 9.96.